The predicted octanol–water partition coefficient (Wildman–Crippen LogP) is 3.90. The quantitative estimate of drug-likeness (QED) is 0.115. The highest BCUT2D eigenvalue weighted by molar-refractivity contribution is 8.00. The van der Waals surface area contributed by atoms with Crippen LogP contribution in [0.1, 0.15) is 28.8 Å². The van der Waals surface area contributed by atoms with E-state index in [4.69, 9.17) is 6.15 Å². The summed E-state index contributed by atoms with van der Waals surface area (Å²) in [6.07, 6.45) is -1.04. The topological polar surface area (TPSA) is 166 Å². The van der Waals surface area contributed by atoms with Crippen LogP contribution in [0.15, 0.2) is 97.1 Å². The van der Waals surface area contributed by atoms with Crippen molar-refractivity contribution in [3.8, 4) is 11.5 Å². The third-order valence-electron chi connectivity index (χ3n) is 7.83. The number of halogens is 2. The Kier molecular flexibility index (Phi) is 11.2. The SMILES string of the molecule is [2H]N(CC(=O)N[C@@H](Cc1ccc(O)cc1)C(=O)O)C(=O)COc1ccc([C@@H]2[C@@H](SCC(O)c3ccc(F)cc3)C(=O)N2c2ccc(F)cc2)cc1. The van der Waals surface area contributed by atoms with E-state index in [1.165, 1.54) is 89.5 Å². The lowest BCUT2D eigenvalue weighted by atomic mass is 9.92. The molecule has 4 atom stereocenters. The summed E-state index contributed by atoms with van der Waals surface area (Å²) in [5.41, 5.74) is 2.20. The molecule has 5 N–H and O–H groups in total. The van der Waals surface area contributed by atoms with Crippen LogP contribution in [-0.2, 0) is 25.6 Å². The van der Waals surface area contributed by atoms with E-state index < -0.39 is 66.0 Å². The monoisotopic (exact) mass is 706 g/mol. The van der Waals surface area contributed by atoms with Crippen LogP contribution in [-0.4, -0.2) is 69.2 Å². The fourth-order valence-electron chi connectivity index (χ4n) is 5.23. The van der Waals surface area contributed by atoms with Gasteiger partial charge in [-0.05, 0) is 77.4 Å². The van der Waals surface area contributed by atoms with Gasteiger partial charge < -0.3 is 35.6 Å². The van der Waals surface area contributed by atoms with Crippen molar-refractivity contribution < 1.29 is 49.4 Å². The smallest absolute Gasteiger partial charge is 0.326 e. The van der Waals surface area contributed by atoms with Gasteiger partial charge in [0, 0.05) is 17.9 Å². The van der Waals surface area contributed by atoms with E-state index >= 15 is 0 Å². The molecule has 1 heterocycles. The number of aliphatic hydroxyl groups excluding tert-OH is 1. The van der Waals surface area contributed by atoms with Crippen molar-refractivity contribution in [3.63, 3.8) is 0 Å². The molecule has 1 aliphatic heterocycles. The Morgan fingerprint density at radius 1 is 0.900 bits per heavy atom. The first-order chi connectivity index (χ1) is 24.4. The van der Waals surface area contributed by atoms with Gasteiger partial charge in [0.05, 0.1) is 18.7 Å². The van der Waals surface area contributed by atoms with Gasteiger partial charge in [-0.2, -0.15) is 0 Å². The summed E-state index contributed by atoms with van der Waals surface area (Å²) in [4.78, 5) is 51.5. The number of aliphatic hydroxyl groups is 1. The summed E-state index contributed by atoms with van der Waals surface area (Å²) in [5.74, 6) is -3.80. The minimum Gasteiger partial charge on any atom is -0.508 e. The predicted molar refractivity (Wildman–Crippen MR) is 181 cm³/mol. The molecule has 0 spiro atoms. The van der Waals surface area contributed by atoms with Crippen LogP contribution in [0.5, 0.6) is 11.5 Å². The molecule has 260 valence electrons. The van der Waals surface area contributed by atoms with Crippen molar-refractivity contribution in [1.29, 1.82) is 0 Å². The molecular weight excluding hydrogens is 672 g/mol. The Bertz CT molecular complexity index is 1850. The summed E-state index contributed by atoms with van der Waals surface area (Å²) in [5, 5.41) is 31.6. The molecule has 3 amide bonds. The van der Waals surface area contributed by atoms with E-state index in [0.29, 0.717) is 27.7 Å². The number of carbonyl (C=O) groups excluding carboxylic acids is 3. The van der Waals surface area contributed by atoms with Crippen LogP contribution < -0.4 is 20.3 Å². The number of rotatable bonds is 15. The standard InChI is InChI=1S/C36H33F2N3O8S/c37-24-7-3-22(4-8-24)30(43)20-50-34-33(41(35(34)46)26-11-9-25(38)10-12-26)23-5-15-28(16-6-23)49-19-32(45)39-18-31(44)40-29(36(47)48)17-21-1-13-27(42)14-2-21/h1-16,29-30,33-34,42-43H,17-20H2,(H,39,45)(H,40,44)(H,47,48)/t29-,30?,33+,34+/m0/s1/i/hD. The number of β-lactam (4-membered cyclic amide) rings is 1. The van der Waals surface area contributed by atoms with E-state index in [0.717, 1.165) is 0 Å². The van der Waals surface area contributed by atoms with Gasteiger partial charge >= 0.3 is 5.97 Å². The van der Waals surface area contributed by atoms with Crippen molar-refractivity contribution in [1.82, 2.24) is 10.6 Å². The first kappa shape index (κ1) is 34.4. The van der Waals surface area contributed by atoms with Crippen LogP contribution in [0.2, 0.25) is 1.41 Å². The van der Waals surface area contributed by atoms with Gasteiger partial charge in [0.2, 0.25) is 11.8 Å². The zero-order chi connectivity index (χ0) is 36.7. The second-order valence-electron chi connectivity index (χ2n) is 11.3. The van der Waals surface area contributed by atoms with Gasteiger partial charge in [-0.1, -0.05) is 36.4 Å². The van der Waals surface area contributed by atoms with Crippen LogP contribution in [0.25, 0.3) is 0 Å². The minimum atomic E-state index is -1.33. The fourth-order valence-corrected chi connectivity index (χ4v) is 6.53. The molecular formula is C36H33F2N3O8S. The largest absolute Gasteiger partial charge is 0.508 e. The molecule has 0 radical (unpaired) electrons. The van der Waals surface area contributed by atoms with Crippen LogP contribution >= 0.6 is 11.8 Å². The molecule has 0 saturated carbocycles. The third kappa shape index (κ3) is 9.15. The molecule has 5 rings (SSSR count). The number of carboxylic acids is 1. The number of aliphatic carboxylic acids is 1. The first-order valence-corrected chi connectivity index (χ1v) is 16.4. The van der Waals surface area contributed by atoms with E-state index in [-0.39, 0.29) is 29.6 Å². The van der Waals surface area contributed by atoms with Gasteiger partial charge in [-0.25, -0.2) is 13.6 Å². The van der Waals surface area contributed by atoms with Crippen molar-refractivity contribution in [3.05, 3.63) is 125 Å². The highest BCUT2D eigenvalue weighted by Crippen LogP contribution is 2.46. The number of nitrogens with zero attached hydrogens (tertiary/aromatic N) is 1. The van der Waals surface area contributed by atoms with Crippen LogP contribution in [0, 0.1) is 11.6 Å². The molecule has 1 aliphatic rings. The zero-order valence-electron chi connectivity index (χ0n) is 27.3. The molecule has 0 aliphatic carbocycles. The zero-order valence-corrected chi connectivity index (χ0v) is 27.1. The summed E-state index contributed by atoms with van der Waals surface area (Å²) in [7, 11) is 0. The number of phenols is 1. The molecule has 1 unspecified atom stereocenters. The number of hydrogen-bond donors (Lipinski definition) is 5. The minimum absolute atomic E-state index is 0.000105. The highest BCUT2D eigenvalue weighted by atomic mass is 32.2. The maximum atomic E-state index is 13.7. The molecule has 50 heavy (non-hydrogen) atoms. The molecule has 1 saturated heterocycles. The first-order valence-electron chi connectivity index (χ1n) is 15.8. The maximum absolute atomic E-state index is 13.7. The number of hydrogen-bond acceptors (Lipinski definition) is 8. The van der Waals surface area contributed by atoms with E-state index in [9.17, 15) is 43.3 Å². The van der Waals surface area contributed by atoms with Gasteiger partial charge in [0.1, 0.15) is 34.4 Å². The van der Waals surface area contributed by atoms with Crippen LogP contribution in [0.3, 0.4) is 0 Å². The van der Waals surface area contributed by atoms with E-state index in [1.54, 1.807) is 24.3 Å². The summed E-state index contributed by atoms with van der Waals surface area (Å²) in [6.45, 7) is -1.35. The molecule has 4 aromatic rings. The summed E-state index contributed by atoms with van der Waals surface area (Å²) >= 11 is 1.23. The number of benzene rings is 4. The molecule has 0 bridgehead atoms. The second-order valence-corrected chi connectivity index (χ2v) is 12.5. The Hall–Kier alpha value is -5.47. The van der Waals surface area contributed by atoms with Crippen LogP contribution in [0.4, 0.5) is 14.5 Å². The third-order valence-corrected chi connectivity index (χ3v) is 9.16. The number of anilines is 1. The Morgan fingerprint density at radius 2 is 1.52 bits per heavy atom. The Balaban J connectivity index is 1.18. The van der Waals surface area contributed by atoms with Crippen molar-refractivity contribution in [2.24, 2.45) is 0 Å². The second kappa shape index (κ2) is 16.3. The lowest BCUT2D eigenvalue weighted by molar-refractivity contribution is -0.141. The Labute approximate surface area is 291 Å². The number of phenolic OH excluding ortho intramolecular Hbond substituents is 1. The van der Waals surface area contributed by atoms with Crippen molar-refractivity contribution in [2.45, 2.75) is 29.9 Å². The Morgan fingerprint density at radius 3 is 2.14 bits per heavy atom. The number of nitrogens with one attached hydrogen (secondary N) is 2. The van der Waals surface area contributed by atoms with Crippen molar-refractivity contribution >= 4 is 41.1 Å². The molecule has 14 heteroatoms. The fraction of sp³-hybridized carbons (Fsp3) is 0.222. The lowest BCUT2D eigenvalue weighted by Gasteiger charge is -2.47. The highest BCUT2D eigenvalue weighted by Gasteiger charge is 2.49. The molecule has 11 nitrogen and oxygen atoms in total. The number of carboxylic acid groups (broad SMARTS) is 1. The van der Waals surface area contributed by atoms with Gasteiger partial charge in [0.15, 0.2) is 8.02 Å². The van der Waals surface area contributed by atoms with Gasteiger partial charge in [0.25, 0.3) is 5.91 Å². The van der Waals surface area contributed by atoms with Gasteiger partial charge in [-0.3, -0.25) is 14.4 Å². The van der Waals surface area contributed by atoms with Gasteiger partial charge in [-0.15, -0.1) is 11.8 Å². The summed E-state index contributed by atoms with van der Waals surface area (Å²) in [6, 6.07) is 21.3. The lowest BCUT2D eigenvalue weighted by Crippen LogP contribution is -2.57. The normalized spacial score (nSPS) is 16.8. The van der Waals surface area contributed by atoms with Crippen molar-refractivity contribution in [2.75, 3.05) is 23.8 Å². The number of carbonyl (C=O) groups is 4. The van der Waals surface area contributed by atoms with E-state index in [2.05, 4.69) is 5.32 Å². The van der Waals surface area contributed by atoms with E-state index in [1.807, 2.05) is 0 Å². The number of ether oxygens (including phenoxy) is 1. The molecule has 0 aromatic heterocycles. The number of aromatic hydroxyl groups is 1. The maximum Gasteiger partial charge on any atom is 0.326 e. The number of amides is 3. The average Bonchev–Trinajstić information content (AvgIpc) is 3.11. The molecule has 1 fully saturated rings. The number of thioether (sulfide) groups is 1. The summed E-state index contributed by atoms with van der Waals surface area (Å²) < 4.78 is 40.5. The average molecular weight is 707 g/mol. The molecule has 4 aromatic carbocycles.